The van der Waals surface area contributed by atoms with Gasteiger partial charge in [-0.3, -0.25) is 9.59 Å². The molecule has 2 aliphatic rings. The van der Waals surface area contributed by atoms with Crippen LogP contribution in [0.1, 0.15) is 165 Å². The zero-order valence-corrected chi connectivity index (χ0v) is 51.9. The number of hydrogen-bond acceptors (Lipinski definition) is 12. The molecule has 7 N–H and O–H groups in total. The van der Waals surface area contributed by atoms with E-state index in [-0.39, 0.29) is 24.7 Å². The first-order chi connectivity index (χ1) is 39.6. The van der Waals surface area contributed by atoms with E-state index in [1.165, 1.54) is 11.1 Å². The van der Waals surface area contributed by atoms with Crippen LogP contribution in [0.4, 0.5) is 9.59 Å². The number of hydrogen-bond donors (Lipinski definition) is 7. The number of carbonyl (C=O) groups excluding carboxylic acids is 4. The molecule has 19 heteroatoms. The van der Waals surface area contributed by atoms with Crippen molar-refractivity contribution in [1.82, 2.24) is 46.2 Å². The molecule has 0 aromatic carbocycles. The molecular formula is C64H93N9O10. The van der Waals surface area contributed by atoms with Crippen LogP contribution in [0.2, 0.25) is 0 Å². The summed E-state index contributed by atoms with van der Waals surface area (Å²) in [6.07, 6.45) is 3.73. The van der Waals surface area contributed by atoms with Gasteiger partial charge in [-0.25, -0.2) is 19.6 Å². The number of carbonyl (C=O) groups is 4. The molecule has 454 valence electrons. The van der Waals surface area contributed by atoms with E-state index in [1.54, 1.807) is 0 Å². The van der Waals surface area contributed by atoms with Gasteiger partial charge in [0.05, 0.1) is 75.6 Å². The van der Waals surface area contributed by atoms with Crippen molar-refractivity contribution in [2.24, 2.45) is 0 Å². The van der Waals surface area contributed by atoms with Crippen LogP contribution in [0.25, 0.3) is 55.4 Å². The summed E-state index contributed by atoms with van der Waals surface area (Å²) in [5.74, 6) is -0.153. The monoisotopic (exact) mass is 1150 g/mol. The Morgan fingerprint density at radius 1 is 0.434 bits per heavy atom. The van der Waals surface area contributed by atoms with Gasteiger partial charge in [0.2, 0.25) is 11.8 Å². The van der Waals surface area contributed by atoms with Crippen molar-refractivity contribution in [3.05, 3.63) is 80.4 Å². The number of aromatic amines is 3. The van der Waals surface area contributed by atoms with Crippen LogP contribution in [-0.4, -0.2) is 139 Å². The van der Waals surface area contributed by atoms with E-state index in [4.69, 9.17) is 38.4 Å². The number of ether oxygens (including phenoxy) is 6. The van der Waals surface area contributed by atoms with Gasteiger partial charge < -0.3 is 64.6 Å². The van der Waals surface area contributed by atoms with Gasteiger partial charge in [0.15, 0.2) is 0 Å². The molecule has 4 aromatic rings. The lowest BCUT2D eigenvalue weighted by Gasteiger charge is -2.19. The molecule has 0 unspecified atom stereocenters. The molecule has 0 saturated carbocycles. The van der Waals surface area contributed by atoms with E-state index in [0.717, 1.165) is 126 Å². The number of rotatable bonds is 28. The van der Waals surface area contributed by atoms with E-state index < -0.39 is 23.4 Å². The van der Waals surface area contributed by atoms with Gasteiger partial charge in [0.1, 0.15) is 11.2 Å². The molecule has 0 radical (unpaired) electrons. The first kappa shape index (κ1) is 65.4. The molecule has 4 amide bonds. The van der Waals surface area contributed by atoms with Crippen molar-refractivity contribution in [1.29, 1.82) is 0 Å². The molecule has 10 bridgehead atoms. The Bertz CT molecular complexity index is 3000. The van der Waals surface area contributed by atoms with Gasteiger partial charge in [-0.05, 0) is 188 Å². The highest BCUT2D eigenvalue weighted by molar-refractivity contribution is 6.00. The third kappa shape index (κ3) is 18.6. The summed E-state index contributed by atoms with van der Waals surface area (Å²) >= 11 is 0. The molecule has 0 aliphatic carbocycles. The highest BCUT2D eigenvalue weighted by Gasteiger charge is 2.26. The standard InChI is InChI=1S/C64H93N9O10/c1-15-43-41(7)59-60-42(8)44(16-2)52(73-60)36-50-40(6)48(20-22-58(75)66-24-28-79-32-34-81-30-26-68-62(77)83-64(12,13)14)56(70-50)38-54-46(18-4)45(17-3)53(71-54)37-55-47(39(5)49(69-55)35-51(43)72-59)19-21-57(74)65-23-27-78-31-33-80-29-25-67-61(76)82-63(9,10)11/h35-38,69-71H,15-34H2,1-14H3,(H,65,74)(H,66,75)(H,67,76)(H,68,77). The summed E-state index contributed by atoms with van der Waals surface area (Å²) in [5.41, 5.74) is 19.2. The number of nitrogens with one attached hydrogen (secondary N) is 7. The van der Waals surface area contributed by atoms with Crippen molar-refractivity contribution < 1.29 is 47.6 Å². The summed E-state index contributed by atoms with van der Waals surface area (Å²) in [6.45, 7) is 32.2. The molecule has 0 atom stereocenters. The maximum atomic E-state index is 13.5. The van der Waals surface area contributed by atoms with E-state index in [9.17, 15) is 19.2 Å². The summed E-state index contributed by atoms with van der Waals surface area (Å²) in [6, 6.07) is 8.70. The summed E-state index contributed by atoms with van der Waals surface area (Å²) in [4.78, 5) is 72.8. The van der Waals surface area contributed by atoms with Crippen molar-refractivity contribution in [3.63, 3.8) is 0 Å². The van der Waals surface area contributed by atoms with Crippen LogP contribution in [0.3, 0.4) is 0 Å². The van der Waals surface area contributed by atoms with Crippen LogP contribution in [0, 0.1) is 13.8 Å². The lowest BCUT2D eigenvalue weighted by atomic mass is 9.99. The van der Waals surface area contributed by atoms with Gasteiger partial charge in [-0.2, -0.15) is 0 Å². The van der Waals surface area contributed by atoms with Crippen molar-refractivity contribution in [2.45, 2.75) is 160 Å². The fourth-order valence-electron chi connectivity index (χ4n) is 10.5. The zero-order chi connectivity index (χ0) is 60.4. The van der Waals surface area contributed by atoms with Crippen LogP contribution in [0.5, 0.6) is 0 Å². The number of H-pyrrole nitrogens is 3. The zero-order valence-electron chi connectivity index (χ0n) is 51.9. The fourth-order valence-corrected chi connectivity index (χ4v) is 10.5. The normalized spacial score (nSPS) is 12.7. The minimum Gasteiger partial charge on any atom is -0.444 e. The topological polar surface area (TPSA) is 245 Å². The van der Waals surface area contributed by atoms with E-state index in [0.29, 0.717) is 91.9 Å². The SMILES string of the molecule is CCC1=C(C)c2nc1cc1[nH]c(cc3[nH]c(cc4[nH]c(cc5nc2C(C)=C5CC)c(C)c4CCC(=O)NCCOCCOCCNC(=O)OC(C)(C)C)c(CC)c3CC)c(CCC(=O)NCCOCCOCCNC(=O)OC(C)(C)C)c1C. The molecule has 6 heterocycles. The molecule has 4 aromatic heterocycles. The maximum absolute atomic E-state index is 13.5. The third-order valence-corrected chi connectivity index (χ3v) is 14.6. The number of aromatic nitrogens is 5. The molecule has 0 fully saturated rings. The van der Waals surface area contributed by atoms with Crippen molar-refractivity contribution >= 4 is 79.4 Å². The first-order valence-electron chi connectivity index (χ1n) is 29.7. The Kier molecular flexibility index (Phi) is 24.1. The predicted octanol–water partition coefficient (Wildman–Crippen LogP) is 11.0. The van der Waals surface area contributed by atoms with Crippen molar-refractivity contribution in [2.75, 3.05) is 79.0 Å². The lowest BCUT2D eigenvalue weighted by molar-refractivity contribution is -0.122. The molecule has 6 rings (SSSR count). The number of amides is 4. The Labute approximate surface area is 490 Å². The van der Waals surface area contributed by atoms with Gasteiger partial charge in [-0.15, -0.1) is 0 Å². The summed E-state index contributed by atoms with van der Waals surface area (Å²) < 4.78 is 33.1. The highest BCUT2D eigenvalue weighted by Crippen LogP contribution is 2.40. The minimum absolute atomic E-state index is 0.0767. The molecule has 0 spiro atoms. The molecular weight excluding hydrogens is 1050 g/mol. The Morgan fingerprint density at radius 2 is 0.759 bits per heavy atom. The highest BCUT2D eigenvalue weighted by atomic mass is 16.6. The molecule has 83 heavy (non-hydrogen) atoms. The maximum Gasteiger partial charge on any atom is 0.407 e. The number of alkyl carbamates (subject to hydrolysis) is 2. The number of aryl methyl sites for hydroxylation is 6. The lowest BCUT2D eigenvalue weighted by Crippen LogP contribution is -2.34. The van der Waals surface area contributed by atoms with Crippen LogP contribution in [-0.2, 0) is 63.7 Å². The minimum atomic E-state index is -0.565. The fraction of sp³-hybridized carbons (Fsp3) is 0.562. The molecule has 19 nitrogen and oxygen atoms in total. The van der Waals surface area contributed by atoms with Gasteiger partial charge >= 0.3 is 12.2 Å². The number of fused-ring (bicyclic) bond motifs is 11. The second-order valence-corrected chi connectivity index (χ2v) is 22.9. The molecule has 0 saturated heterocycles. The first-order valence-corrected chi connectivity index (χ1v) is 29.7. The van der Waals surface area contributed by atoms with Gasteiger partial charge in [0, 0.05) is 72.1 Å². The summed E-state index contributed by atoms with van der Waals surface area (Å²) in [7, 11) is 0. The number of nitrogens with zero attached hydrogens (tertiary/aromatic N) is 2. The Morgan fingerprint density at radius 3 is 1.08 bits per heavy atom. The van der Waals surface area contributed by atoms with E-state index >= 15 is 0 Å². The third-order valence-electron chi connectivity index (χ3n) is 14.6. The largest absolute Gasteiger partial charge is 0.444 e. The second kappa shape index (κ2) is 30.7. The van der Waals surface area contributed by atoms with Gasteiger partial charge in [0.25, 0.3) is 0 Å². The molecule has 2 aliphatic heterocycles. The van der Waals surface area contributed by atoms with Crippen LogP contribution >= 0.6 is 0 Å². The number of allylic oxidation sites excluding steroid dienone is 4. The average molecular weight is 1150 g/mol. The Hall–Kier alpha value is -6.80. The van der Waals surface area contributed by atoms with Crippen LogP contribution < -0.4 is 21.3 Å². The van der Waals surface area contributed by atoms with Crippen LogP contribution in [0.15, 0.2) is 24.3 Å². The van der Waals surface area contributed by atoms with Crippen molar-refractivity contribution in [3.8, 4) is 0 Å². The van der Waals surface area contributed by atoms with E-state index in [2.05, 4.69) is 116 Å². The summed E-state index contributed by atoms with van der Waals surface area (Å²) in [5, 5.41) is 11.4. The Balaban J connectivity index is 1.26. The average Bonchev–Trinajstić information content (AvgIpc) is 3.16. The smallest absolute Gasteiger partial charge is 0.407 e. The quantitative estimate of drug-likeness (QED) is 0.0263. The van der Waals surface area contributed by atoms with Gasteiger partial charge in [-0.1, -0.05) is 27.7 Å². The van der Waals surface area contributed by atoms with E-state index in [1.807, 2.05) is 41.5 Å². The predicted molar refractivity (Wildman–Crippen MR) is 330 cm³/mol. The second-order valence-electron chi connectivity index (χ2n) is 22.9.